The van der Waals surface area contributed by atoms with Crippen LogP contribution in [0.2, 0.25) is 0 Å². The van der Waals surface area contributed by atoms with Crippen LogP contribution in [0, 0.1) is 0 Å². The predicted octanol–water partition coefficient (Wildman–Crippen LogP) is 3.72. The molecule has 0 unspecified atom stereocenters. The van der Waals surface area contributed by atoms with E-state index in [-0.39, 0.29) is 0 Å². The minimum atomic E-state index is -0.923. The molecule has 1 N–H and O–H groups in total. The molecule has 0 aliphatic carbocycles. The monoisotopic (exact) mass is 372 g/mol. The number of para-hydroxylation sites is 1. The van der Waals surface area contributed by atoms with E-state index in [2.05, 4.69) is 58.1 Å². The lowest BCUT2D eigenvalue weighted by atomic mass is 9.82. The average molecular weight is 372 g/mol. The summed E-state index contributed by atoms with van der Waals surface area (Å²) < 4.78 is 8.30. The van der Waals surface area contributed by atoms with Gasteiger partial charge in [0, 0.05) is 17.0 Å². The van der Waals surface area contributed by atoms with Gasteiger partial charge < -0.3 is 14.3 Å². The fraction of sp³-hybridized carbons (Fsp3) is 0.261. The highest BCUT2D eigenvalue weighted by Gasteiger charge is 2.35. The largest absolute Gasteiger partial charge is 0.427 e. The van der Waals surface area contributed by atoms with Gasteiger partial charge in [-0.1, -0.05) is 35.8 Å². The van der Waals surface area contributed by atoms with Crippen LogP contribution in [0.4, 0.5) is 0 Å². The molecule has 0 spiro atoms. The Morgan fingerprint density at radius 1 is 0.929 bits per heavy atom. The number of pyridine rings is 1. The molecule has 28 heavy (non-hydrogen) atoms. The number of hydrogen-bond acceptors (Lipinski definition) is 3. The van der Waals surface area contributed by atoms with Crippen LogP contribution >= 0.6 is 0 Å². The van der Waals surface area contributed by atoms with Crippen molar-refractivity contribution in [3.05, 3.63) is 67.0 Å². The summed E-state index contributed by atoms with van der Waals surface area (Å²) in [5.74, 6) is 0. The van der Waals surface area contributed by atoms with Gasteiger partial charge in [0.2, 0.25) is 0 Å². The van der Waals surface area contributed by atoms with Crippen LogP contribution in [0.15, 0.2) is 67.0 Å². The lowest BCUT2D eigenvalue weighted by molar-refractivity contribution is -0.0893. The summed E-state index contributed by atoms with van der Waals surface area (Å²) in [5, 5.41) is 12.7. The van der Waals surface area contributed by atoms with Crippen molar-refractivity contribution >= 4 is 34.8 Å². The summed E-state index contributed by atoms with van der Waals surface area (Å²) in [6, 6.07) is 18.8. The molecule has 142 valence electrons. The molecule has 0 aliphatic heterocycles. The molecule has 4 aromatic rings. The molecule has 0 atom stereocenters. The zero-order chi connectivity index (χ0) is 19.9. The molecule has 0 saturated carbocycles. The highest BCUT2D eigenvalue weighted by molar-refractivity contribution is 6.47. The molecule has 5 heteroatoms. The van der Waals surface area contributed by atoms with E-state index in [0.29, 0.717) is 7.48 Å². The van der Waals surface area contributed by atoms with Gasteiger partial charge in [0.1, 0.15) is 0 Å². The van der Waals surface area contributed by atoms with Gasteiger partial charge >= 0.3 is 7.48 Å². The molecular weight excluding hydrogens is 347 g/mol. The van der Waals surface area contributed by atoms with Crippen LogP contribution in [-0.2, 0) is 4.65 Å². The summed E-state index contributed by atoms with van der Waals surface area (Å²) >= 11 is 0. The first-order valence-corrected chi connectivity index (χ1v) is 9.57. The molecule has 4 rings (SSSR count). The maximum Gasteiger partial charge on any atom is 0.309 e. The van der Waals surface area contributed by atoms with Gasteiger partial charge in [-0.25, -0.2) is 0 Å². The van der Waals surface area contributed by atoms with Crippen molar-refractivity contribution in [3.8, 4) is 5.69 Å². The fourth-order valence-electron chi connectivity index (χ4n) is 3.31. The Balaban J connectivity index is 1.80. The van der Waals surface area contributed by atoms with Crippen LogP contribution < -0.4 is 5.46 Å². The third-order valence-corrected chi connectivity index (χ3v) is 5.71. The van der Waals surface area contributed by atoms with Crippen molar-refractivity contribution in [2.24, 2.45) is 0 Å². The number of aliphatic hydroxyl groups is 1. The second kappa shape index (κ2) is 6.76. The van der Waals surface area contributed by atoms with Crippen molar-refractivity contribution in [1.82, 2.24) is 9.55 Å². The summed E-state index contributed by atoms with van der Waals surface area (Å²) in [4.78, 5) is 4.29. The Bertz CT molecular complexity index is 1130. The van der Waals surface area contributed by atoms with Gasteiger partial charge in [-0.3, -0.25) is 4.98 Å². The van der Waals surface area contributed by atoms with Crippen molar-refractivity contribution < 1.29 is 9.76 Å². The van der Waals surface area contributed by atoms with Gasteiger partial charge in [-0.15, -0.1) is 0 Å². The van der Waals surface area contributed by atoms with Crippen molar-refractivity contribution in [1.29, 1.82) is 0 Å². The van der Waals surface area contributed by atoms with E-state index in [9.17, 15) is 5.11 Å². The van der Waals surface area contributed by atoms with E-state index in [0.717, 1.165) is 22.2 Å². The second-order valence-electron chi connectivity index (χ2n) is 8.27. The van der Waals surface area contributed by atoms with Crippen LogP contribution in [0.5, 0.6) is 0 Å². The Kier molecular flexibility index (Phi) is 4.52. The van der Waals surface area contributed by atoms with E-state index in [1.807, 2.05) is 26.1 Å². The minimum absolute atomic E-state index is 0.444. The smallest absolute Gasteiger partial charge is 0.309 e. The Morgan fingerprint density at radius 2 is 1.68 bits per heavy atom. The molecular formula is C23H25BN2O2. The predicted molar refractivity (Wildman–Crippen MR) is 117 cm³/mol. The first kappa shape index (κ1) is 18.7. The molecule has 2 aromatic heterocycles. The fourth-order valence-corrected chi connectivity index (χ4v) is 3.31. The molecule has 0 amide bonds. The minimum Gasteiger partial charge on any atom is -0.427 e. The summed E-state index contributed by atoms with van der Waals surface area (Å²) in [7, 11) is 0.444. The first-order chi connectivity index (χ1) is 13.3. The van der Waals surface area contributed by atoms with Gasteiger partial charge in [0.15, 0.2) is 0 Å². The first-order valence-electron chi connectivity index (χ1n) is 9.57. The zero-order valence-electron chi connectivity index (χ0n) is 16.8. The summed E-state index contributed by atoms with van der Waals surface area (Å²) in [6.07, 6.45) is 3.67. The number of benzene rings is 2. The molecule has 2 aromatic carbocycles. The number of hydrogen-bond donors (Lipinski definition) is 1. The second-order valence-corrected chi connectivity index (χ2v) is 8.27. The number of aromatic nitrogens is 2. The summed E-state index contributed by atoms with van der Waals surface area (Å²) in [6.45, 7) is 7.38. The maximum absolute atomic E-state index is 10.3. The SMILES string of the molecule is CC(C)(O)C(C)(C)OBc1ccc2c(c1)c1ccccc1n2-c1cccnc1. The molecule has 4 nitrogen and oxygen atoms in total. The van der Waals surface area contributed by atoms with E-state index < -0.39 is 11.2 Å². The third-order valence-electron chi connectivity index (χ3n) is 5.71. The molecule has 0 saturated heterocycles. The molecule has 0 bridgehead atoms. The van der Waals surface area contributed by atoms with Crippen molar-refractivity contribution in [2.75, 3.05) is 0 Å². The van der Waals surface area contributed by atoms with E-state index >= 15 is 0 Å². The van der Waals surface area contributed by atoms with E-state index in [1.54, 1.807) is 20.0 Å². The molecule has 2 heterocycles. The lowest BCUT2D eigenvalue weighted by Crippen LogP contribution is -2.49. The molecule has 0 radical (unpaired) electrons. The lowest BCUT2D eigenvalue weighted by Gasteiger charge is -2.37. The number of fused-ring (bicyclic) bond motifs is 3. The van der Waals surface area contributed by atoms with E-state index in [4.69, 9.17) is 4.65 Å². The van der Waals surface area contributed by atoms with Gasteiger partial charge in [0.05, 0.1) is 34.1 Å². The number of nitrogens with zero attached hydrogens (tertiary/aromatic N) is 2. The average Bonchev–Trinajstić information content (AvgIpc) is 3.00. The number of rotatable bonds is 5. The standard InChI is InChI=1S/C23H25BN2O2/c1-22(2,27)23(3,4)28-24-16-11-12-21-19(14-16)18-9-5-6-10-20(18)26(21)17-8-7-13-25-15-17/h5-15,24,27H,1-4H3. The zero-order valence-corrected chi connectivity index (χ0v) is 16.8. The third kappa shape index (κ3) is 3.21. The Labute approximate surface area is 166 Å². The molecule has 0 aliphatic rings. The van der Waals surface area contributed by atoms with Crippen molar-refractivity contribution in [2.45, 2.75) is 38.9 Å². The van der Waals surface area contributed by atoms with Gasteiger partial charge in [-0.05, 0) is 52.0 Å². The van der Waals surface area contributed by atoms with E-state index in [1.165, 1.54) is 10.8 Å². The van der Waals surface area contributed by atoms with Crippen LogP contribution in [0.1, 0.15) is 27.7 Å². The van der Waals surface area contributed by atoms with Crippen LogP contribution in [0.3, 0.4) is 0 Å². The maximum atomic E-state index is 10.3. The van der Waals surface area contributed by atoms with Crippen LogP contribution in [0.25, 0.3) is 27.5 Å². The van der Waals surface area contributed by atoms with Gasteiger partial charge in [-0.2, -0.15) is 0 Å². The quantitative estimate of drug-likeness (QED) is 0.543. The highest BCUT2D eigenvalue weighted by Crippen LogP contribution is 2.31. The molecule has 0 fully saturated rings. The highest BCUT2D eigenvalue weighted by atomic mass is 16.5. The topological polar surface area (TPSA) is 47.3 Å². The van der Waals surface area contributed by atoms with Crippen LogP contribution in [-0.4, -0.2) is 33.3 Å². The van der Waals surface area contributed by atoms with Crippen molar-refractivity contribution in [3.63, 3.8) is 0 Å². The summed E-state index contributed by atoms with van der Waals surface area (Å²) in [5.41, 5.74) is 2.85. The normalized spacial score (nSPS) is 12.6. The Hall–Kier alpha value is -2.63. The Morgan fingerprint density at radius 3 is 2.39 bits per heavy atom. The van der Waals surface area contributed by atoms with Gasteiger partial charge in [0.25, 0.3) is 0 Å².